The van der Waals surface area contributed by atoms with Crippen LogP contribution in [0.3, 0.4) is 0 Å². The molecule has 0 fully saturated rings. The average molecular weight is 272 g/mol. The first-order valence-corrected chi connectivity index (χ1v) is 6.51. The number of phenols is 2. The lowest BCUT2D eigenvalue weighted by Gasteiger charge is -2.31. The zero-order valence-corrected chi connectivity index (χ0v) is 11.1. The lowest BCUT2D eigenvalue weighted by Crippen LogP contribution is -2.30. The molecular formula is C16H16O4. The predicted octanol–water partition coefficient (Wildman–Crippen LogP) is 2.44. The van der Waals surface area contributed by atoms with E-state index in [4.69, 9.17) is 4.74 Å². The van der Waals surface area contributed by atoms with Crippen LogP contribution in [0.15, 0.2) is 36.4 Å². The third-order valence-corrected chi connectivity index (χ3v) is 3.63. The topological polar surface area (TPSA) is 69.9 Å². The highest BCUT2D eigenvalue weighted by atomic mass is 16.5. The minimum atomic E-state index is -0.656. The van der Waals surface area contributed by atoms with Crippen LogP contribution in [0, 0.1) is 6.92 Å². The maximum absolute atomic E-state index is 10.2. The second-order valence-electron chi connectivity index (χ2n) is 5.15. The summed E-state index contributed by atoms with van der Waals surface area (Å²) in [5, 5.41) is 29.3. The van der Waals surface area contributed by atoms with E-state index < -0.39 is 12.2 Å². The predicted molar refractivity (Wildman–Crippen MR) is 74.0 cm³/mol. The van der Waals surface area contributed by atoms with E-state index in [2.05, 4.69) is 0 Å². The molecule has 0 saturated heterocycles. The molecule has 3 N–H and O–H groups in total. The van der Waals surface area contributed by atoms with E-state index in [1.54, 1.807) is 43.3 Å². The fourth-order valence-corrected chi connectivity index (χ4v) is 2.52. The van der Waals surface area contributed by atoms with Crippen LogP contribution in [-0.2, 0) is 6.42 Å². The van der Waals surface area contributed by atoms with Crippen molar-refractivity contribution in [2.45, 2.75) is 25.6 Å². The standard InChI is InChI=1S/C16H16O4/c1-9-6-11(3-5-13(9)18)16-14(19)7-10-2-4-12(17)8-15(10)20-16/h2-6,8,14,16-19H,7H2,1H3/t14-,16-/m0/s1. The van der Waals surface area contributed by atoms with Gasteiger partial charge in [0.05, 0.1) is 6.10 Å². The van der Waals surface area contributed by atoms with Gasteiger partial charge in [-0.25, -0.2) is 0 Å². The summed E-state index contributed by atoms with van der Waals surface area (Å²) < 4.78 is 5.81. The number of aliphatic hydroxyl groups is 1. The Balaban J connectivity index is 1.97. The lowest BCUT2D eigenvalue weighted by atomic mass is 9.94. The fourth-order valence-electron chi connectivity index (χ4n) is 2.52. The molecule has 0 aromatic heterocycles. The van der Waals surface area contributed by atoms with Crippen molar-refractivity contribution >= 4 is 0 Å². The number of benzene rings is 2. The van der Waals surface area contributed by atoms with Crippen molar-refractivity contribution in [2.24, 2.45) is 0 Å². The number of rotatable bonds is 1. The number of aryl methyl sites for hydroxylation is 1. The van der Waals surface area contributed by atoms with Crippen LogP contribution in [0.25, 0.3) is 0 Å². The van der Waals surface area contributed by atoms with Crippen molar-refractivity contribution in [1.82, 2.24) is 0 Å². The summed E-state index contributed by atoms with van der Waals surface area (Å²) in [6.45, 7) is 1.80. The van der Waals surface area contributed by atoms with Gasteiger partial charge in [0, 0.05) is 12.5 Å². The quantitative estimate of drug-likeness (QED) is 0.745. The highest BCUT2D eigenvalue weighted by molar-refractivity contribution is 5.44. The summed E-state index contributed by atoms with van der Waals surface area (Å²) in [5.74, 6) is 0.948. The third-order valence-electron chi connectivity index (χ3n) is 3.63. The van der Waals surface area contributed by atoms with Crippen molar-refractivity contribution < 1.29 is 20.1 Å². The Morgan fingerprint density at radius 2 is 1.90 bits per heavy atom. The van der Waals surface area contributed by atoms with Crippen molar-refractivity contribution in [1.29, 1.82) is 0 Å². The molecule has 2 aromatic carbocycles. The fraction of sp³-hybridized carbons (Fsp3) is 0.250. The Kier molecular flexibility index (Phi) is 3.03. The molecule has 4 heteroatoms. The van der Waals surface area contributed by atoms with Crippen molar-refractivity contribution in [3.8, 4) is 17.2 Å². The second-order valence-corrected chi connectivity index (χ2v) is 5.15. The van der Waals surface area contributed by atoms with Crippen molar-refractivity contribution in [3.05, 3.63) is 53.1 Å². The molecule has 3 rings (SSSR count). The summed E-state index contributed by atoms with van der Waals surface area (Å²) in [5.41, 5.74) is 2.42. The molecule has 1 aliphatic rings. The highest BCUT2D eigenvalue weighted by Gasteiger charge is 2.30. The molecule has 0 aliphatic carbocycles. The number of aliphatic hydroxyl groups excluding tert-OH is 1. The van der Waals surface area contributed by atoms with E-state index >= 15 is 0 Å². The molecule has 104 valence electrons. The Morgan fingerprint density at radius 1 is 1.10 bits per heavy atom. The van der Waals surface area contributed by atoms with Gasteiger partial charge in [-0.05, 0) is 41.8 Å². The largest absolute Gasteiger partial charge is 0.508 e. The summed E-state index contributed by atoms with van der Waals surface area (Å²) in [6, 6.07) is 10.0. The van der Waals surface area contributed by atoms with Crippen molar-refractivity contribution in [3.63, 3.8) is 0 Å². The third kappa shape index (κ3) is 2.18. The van der Waals surface area contributed by atoms with Gasteiger partial charge in [-0.1, -0.05) is 12.1 Å². The first-order chi connectivity index (χ1) is 9.54. The van der Waals surface area contributed by atoms with E-state index in [1.807, 2.05) is 0 Å². The van der Waals surface area contributed by atoms with Gasteiger partial charge in [-0.2, -0.15) is 0 Å². The Labute approximate surface area is 116 Å². The van der Waals surface area contributed by atoms with Gasteiger partial charge in [0.15, 0.2) is 0 Å². The van der Waals surface area contributed by atoms with Gasteiger partial charge in [-0.15, -0.1) is 0 Å². The Hall–Kier alpha value is -2.20. The summed E-state index contributed by atoms with van der Waals surface area (Å²) >= 11 is 0. The summed E-state index contributed by atoms with van der Waals surface area (Å²) in [7, 11) is 0. The number of ether oxygens (including phenoxy) is 1. The summed E-state index contributed by atoms with van der Waals surface area (Å²) in [4.78, 5) is 0. The van der Waals surface area contributed by atoms with Crippen LogP contribution in [0.5, 0.6) is 17.2 Å². The lowest BCUT2D eigenvalue weighted by molar-refractivity contribution is 0.0206. The van der Waals surface area contributed by atoms with Gasteiger partial charge in [0.1, 0.15) is 23.4 Å². The SMILES string of the molecule is Cc1cc([C@@H]2Oc3cc(O)ccc3C[C@@H]2O)ccc1O. The number of phenolic OH excluding ortho intramolecular Hbond substituents is 2. The van der Waals surface area contributed by atoms with E-state index in [1.165, 1.54) is 0 Å². The Bertz CT molecular complexity index is 651. The molecule has 4 nitrogen and oxygen atoms in total. The van der Waals surface area contributed by atoms with Crippen LogP contribution >= 0.6 is 0 Å². The molecule has 1 aliphatic heterocycles. The molecule has 0 unspecified atom stereocenters. The zero-order chi connectivity index (χ0) is 14.3. The maximum atomic E-state index is 10.2. The minimum Gasteiger partial charge on any atom is -0.508 e. The van der Waals surface area contributed by atoms with Gasteiger partial charge < -0.3 is 20.1 Å². The van der Waals surface area contributed by atoms with Gasteiger partial charge in [-0.3, -0.25) is 0 Å². The van der Waals surface area contributed by atoms with Crippen LogP contribution in [0.1, 0.15) is 22.8 Å². The maximum Gasteiger partial charge on any atom is 0.150 e. The van der Waals surface area contributed by atoms with Crippen LogP contribution in [0.2, 0.25) is 0 Å². The van der Waals surface area contributed by atoms with Gasteiger partial charge >= 0.3 is 0 Å². The minimum absolute atomic E-state index is 0.140. The van der Waals surface area contributed by atoms with Gasteiger partial charge in [0.2, 0.25) is 0 Å². The number of fused-ring (bicyclic) bond motifs is 1. The zero-order valence-electron chi connectivity index (χ0n) is 11.1. The van der Waals surface area contributed by atoms with Crippen LogP contribution in [0.4, 0.5) is 0 Å². The van der Waals surface area contributed by atoms with E-state index in [0.717, 1.165) is 16.7 Å². The van der Waals surface area contributed by atoms with E-state index in [-0.39, 0.29) is 11.5 Å². The van der Waals surface area contributed by atoms with Gasteiger partial charge in [0.25, 0.3) is 0 Å². The van der Waals surface area contributed by atoms with E-state index in [0.29, 0.717) is 12.2 Å². The molecule has 0 radical (unpaired) electrons. The monoisotopic (exact) mass is 272 g/mol. The first-order valence-electron chi connectivity index (χ1n) is 6.51. The molecular weight excluding hydrogens is 256 g/mol. The molecule has 0 amide bonds. The molecule has 2 aromatic rings. The second kappa shape index (κ2) is 4.72. The first kappa shape index (κ1) is 12.8. The summed E-state index contributed by atoms with van der Waals surface area (Å²) in [6.07, 6.45) is -0.681. The number of aromatic hydroxyl groups is 2. The molecule has 0 saturated carbocycles. The number of hydrogen-bond acceptors (Lipinski definition) is 4. The van der Waals surface area contributed by atoms with Crippen molar-refractivity contribution in [2.75, 3.05) is 0 Å². The molecule has 20 heavy (non-hydrogen) atoms. The smallest absolute Gasteiger partial charge is 0.150 e. The number of hydrogen-bond donors (Lipinski definition) is 3. The van der Waals surface area contributed by atoms with Crippen LogP contribution < -0.4 is 4.74 Å². The normalized spacial score (nSPS) is 21.1. The molecule has 0 bridgehead atoms. The molecule has 2 atom stereocenters. The Morgan fingerprint density at radius 3 is 2.65 bits per heavy atom. The van der Waals surface area contributed by atoms with E-state index in [9.17, 15) is 15.3 Å². The van der Waals surface area contributed by atoms with Crippen LogP contribution in [-0.4, -0.2) is 21.4 Å². The molecule has 1 heterocycles. The molecule has 0 spiro atoms. The highest BCUT2D eigenvalue weighted by Crippen LogP contribution is 2.37. The average Bonchev–Trinajstić information content (AvgIpc) is 2.42.